The predicted molar refractivity (Wildman–Crippen MR) is 100 cm³/mol. The average molecular weight is 389 g/mol. The summed E-state index contributed by atoms with van der Waals surface area (Å²) in [6, 6.07) is 5.71. The van der Waals surface area contributed by atoms with Crippen molar-refractivity contribution in [3.8, 4) is 5.75 Å². The molecular formula is C17H22Cl2N2O2S. The van der Waals surface area contributed by atoms with Crippen LogP contribution in [0.2, 0.25) is 10.0 Å². The molecule has 2 aliphatic rings. The van der Waals surface area contributed by atoms with Crippen molar-refractivity contribution in [2.24, 2.45) is 0 Å². The van der Waals surface area contributed by atoms with Crippen LogP contribution in [0.4, 0.5) is 0 Å². The van der Waals surface area contributed by atoms with Crippen LogP contribution in [0.1, 0.15) is 12.8 Å². The van der Waals surface area contributed by atoms with Gasteiger partial charge in [0, 0.05) is 43.0 Å². The lowest BCUT2D eigenvalue weighted by Gasteiger charge is -2.26. The smallest absolute Gasteiger partial charge is 0.260 e. The molecule has 0 aromatic heterocycles. The molecule has 1 unspecified atom stereocenters. The number of hydrogen-bond acceptors (Lipinski definition) is 4. The molecule has 0 N–H and O–H groups in total. The minimum absolute atomic E-state index is 0.0145. The van der Waals surface area contributed by atoms with Crippen LogP contribution in [0.5, 0.6) is 5.75 Å². The summed E-state index contributed by atoms with van der Waals surface area (Å²) in [4.78, 5) is 16.9. The van der Waals surface area contributed by atoms with Gasteiger partial charge in [0.15, 0.2) is 6.61 Å². The third kappa shape index (κ3) is 4.72. The van der Waals surface area contributed by atoms with Crippen LogP contribution in [0, 0.1) is 0 Å². The molecule has 24 heavy (non-hydrogen) atoms. The third-order valence-corrected chi connectivity index (χ3v) is 6.23. The first-order valence-corrected chi connectivity index (χ1v) is 10.2. The number of halogens is 2. The van der Waals surface area contributed by atoms with E-state index in [0.717, 1.165) is 32.6 Å². The Labute approximate surface area is 157 Å². The summed E-state index contributed by atoms with van der Waals surface area (Å²) in [5.74, 6) is 3.00. The molecule has 4 nitrogen and oxygen atoms in total. The van der Waals surface area contributed by atoms with Gasteiger partial charge in [-0.25, -0.2) is 0 Å². The SMILES string of the molecule is O=C(COc1ccc(Cl)cc1Cl)N1CCCN(C2CCSC2)CC1. The molecule has 3 rings (SSSR count). The first-order chi connectivity index (χ1) is 11.6. The van der Waals surface area contributed by atoms with E-state index >= 15 is 0 Å². The number of amides is 1. The van der Waals surface area contributed by atoms with Crippen molar-refractivity contribution in [2.75, 3.05) is 44.3 Å². The molecule has 2 heterocycles. The highest BCUT2D eigenvalue weighted by Crippen LogP contribution is 2.27. The molecule has 0 radical (unpaired) electrons. The van der Waals surface area contributed by atoms with Crippen LogP contribution in [-0.4, -0.2) is 66.0 Å². The van der Waals surface area contributed by atoms with Crippen LogP contribution in [-0.2, 0) is 4.79 Å². The quantitative estimate of drug-likeness (QED) is 0.790. The summed E-state index contributed by atoms with van der Waals surface area (Å²) in [6.45, 7) is 3.63. The fourth-order valence-electron chi connectivity index (χ4n) is 3.19. The molecular weight excluding hydrogens is 367 g/mol. The van der Waals surface area contributed by atoms with Gasteiger partial charge in [0.2, 0.25) is 0 Å². The Hall–Kier alpha value is -0.620. The van der Waals surface area contributed by atoms with Crippen LogP contribution in [0.3, 0.4) is 0 Å². The maximum Gasteiger partial charge on any atom is 0.260 e. The number of nitrogens with zero attached hydrogens (tertiary/aromatic N) is 2. The van der Waals surface area contributed by atoms with Gasteiger partial charge in [0.05, 0.1) is 5.02 Å². The van der Waals surface area contributed by atoms with E-state index in [4.69, 9.17) is 27.9 Å². The summed E-state index contributed by atoms with van der Waals surface area (Å²) in [5, 5.41) is 0.979. The number of benzene rings is 1. The van der Waals surface area contributed by atoms with E-state index in [9.17, 15) is 4.79 Å². The highest BCUT2D eigenvalue weighted by Gasteiger charge is 2.26. The number of rotatable bonds is 4. The second-order valence-electron chi connectivity index (χ2n) is 6.15. The van der Waals surface area contributed by atoms with E-state index < -0.39 is 0 Å². The van der Waals surface area contributed by atoms with Gasteiger partial charge in [0.1, 0.15) is 5.75 Å². The van der Waals surface area contributed by atoms with Crippen molar-refractivity contribution in [3.63, 3.8) is 0 Å². The Kier molecular flexibility index (Phi) is 6.56. The van der Waals surface area contributed by atoms with Crippen LogP contribution in [0.25, 0.3) is 0 Å². The average Bonchev–Trinajstić information content (AvgIpc) is 2.98. The van der Waals surface area contributed by atoms with Gasteiger partial charge < -0.3 is 9.64 Å². The summed E-state index contributed by atoms with van der Waals surface area (Å²) in [5.41, 5.74) is 0. The Bertz CT molecular complexity index is 582. The van der Waals surface area contributed by atoms with Crippen molar-refractivity contribution in [3.05, 3.63) is 28.2 Å². The molecule has 1 aromatic rings. The first-order valence-electron chi connectivity index (χ1n) is 8.31. The second kappa shape index (κ2) is 8.65. The topological polar surface area (TPSA) is 32.8 Å². The van der Waals surface area contributed by atoms with Gasteiger partial charge in [-0.1, -0.05) is 23.2 Å². The number of thioether (sulfide) groups is 1. The van der Waals surface area contributed by atoms with Gasteiger partial charge in [-0.15, -0.1) is 0 Å². The lowest BCUT2D eigenvalue weighted by Crippen LogP contribution is -2.40. The molecule has 1 aromatic carbocycles. The van der Waals surface area contributed by atoms with Crippen molar-refractivity contribution in [1.29, 1.82) is 0 Å². The Morgan fingerprint density at radius 1 is 1.25 bits per heavy atom. The third-order valence-electron chi connectivity index (χ3n) is 4.55. The maximum absolute atomic E-state index is 12.4. The van der Waals surface area contributed by atoms with Crippen molar-refractivity contribution >= 4 is 40.9 Å². The fraction of sp³-hybridized carbons (Fsp3) is 0.588. The van der Waals surface area contributed by atoms with E-state index in [1.54, 1.807) is 18.2 Å². The molecule has 132 valence electrons. The summed E-state index contributed by atoms with van der Waals surface area (Å²) in [7, 11) is 0. The second-order valence-corrected chi connectivity index (χ2v) is 8.14. The maximum atomic E-state index is 12.4. The molecule has 0 aliphatic carbocycles. The van der Waals surface area contributed by atoms with E-state index in [0.29, 0.717) is 21.8 Å². The summed E-state index contributed by atoms with van der Waals surface area (Å²) >= 11 is 14.0. The highest BCUT2D eigenvalue weighted by atomic mass is 35.5. The van der Waals surface area contributed by atoms with Crippen molar-refractivity contribution in [2.45, 2.75) is 18.9 Å². The molecule has 0 bridgehead atoms. The molecule has 1 atom stereocenters. The number of carbonyl (C=O) groups excluding carboxylic acids is 1. The van der Waals surface area contributed by atoms with Crippen LogP contribution in [0.15, 0.2) is 18.2 Å². The van der Waals surface area contributed by atoms with Crippen LogP contribution >= 0.6 is 35.0 Å². The standard InChI is InChI=1S/C17H22Cl2N2O2S/c18-13-2-3-16(15(19)10-13)23-11-17(22)21-6-1-5-20(7-8-21)14-4-9-24-12-14/h2-3,10,14H,1,4-9,11-12H2. The van der Waals surface area contributed by atoms with Gasteiger partial charge in [-0.3, -0.25) is 9.69 Å². The number of ether oxygens (including phenoxy) is 1. The summed E-state index contributed by atoms with van der Waals surface area (Å²) in [6.07, 6.45) is 2.30. The fourth-order valence-corrected chi connectivity index (χ4v) is 4.90. The molecule has 0 spiro atoms. The number of hydrogen-bond donors (Lipinski definition) is 0. The molecule has 1 amide bonds. The van der Waals surface area contributed by atoms with Gasteiger partial charge in [0.25, 0.3) is 5.91 Å². The Morgan fingerprint density at radius 2 is 2.12 bits per heavy atom. The molecule has 2 aliphatic heterocycles. The van der Waals surface area contributed by atoms with Crippen LogP contribution < -0.4 is 4.74 Å². The normalized spacial score (nSPS) is 22.4. The minimum atomic E-state index is 0.0145. The van der Waals surface area contributed by atoms with Gasteiger partial charge >= 0.3 is 0 Å². The Balaban J connectivity index is 1.49. The minimum Gasteiger partial charge on any atom is -0.482 e. The lowest BCUT2D eigenvalue weighted by atomic mass is 10.2. The molecule has 0 saturated carbocycles. The van der Waals surface area contributed by atoms with E-state index in [2.05, 4.69) is 4.90 Å². The summed E-state index contributed by atoms with van der Waals surface area (Å²) < 4.78 is 5.58. The van der Waals surface area contributed by atoms with E-state index in [-0.39, 0.29) is 12.5 Å². The van der Waals surface area contributed by atoms with Crippen molar-refractivity contribution < 1.29 is 9.53 Å². The predicted octanol–water partition coefficient (Wildman–Crippen LogP) is 3.41. The first kappa shape index (κ1) is 18.2. The van der Waals surface area contributed by atoms with E-state index in [1.165, 1.54) is 17.9 Å². The zero-order valence-corrected chi connectivity index (χ0v) is 15.9. The zero-order valence-electron chi connectivity index (χ0n) is 13.5. The Morgan fingerprint density at radius 3 is 2.88 bits per heavy atom. The highest BCUT2D eigenvalue weighted by molar-refractivity contribution is 7.99. The van der Waals surface area contributed by atoms with E-state index in [1.807, 2.05) is 16.7 Å². The van der Waals surface area contributed by atoms with Crippen molar-refractivity contribution in [1.82, 2.24) is 9.80 Å². The lowest BCUT2D eigenvalue weighted by molar-refractivity contribution is -0.133. The number of carbonyl (C=O) groups is 1. The largest absolute Gasteiger partial charge is 0.482 e. The molecule has 2 fully saturated rings. The monoisotopic (exact) mass is 388 g/mol. The van der Waals surface area contributed by atoms with Gasteiger partial charge in [-0.05, 0) is 36.8 Å². The molecule has 7 heteroatoms. The zero-order chi connectivity index (χ0) is 16.9. The molecule has 2 saturated heterocycles. The van der Waals surface area contributed by atoms with Gasteiger partial charge in [-0.2, -0.15) is 11.8 Å².